The monoisotopic (exact) mass is 445 g/mol. The Morgan fingerprint density at radius 2 is 1.91 bits per heavy atom. The van der Waals surface area contributed by atoms with Gasteiger partial charge in [-0.15, -0.1) is 0 Å². The molecule has 1 aliphatic heterocycles. The summed E-state index contributed by atoms with van der Waals surface area (Å²) in [5, 5.41) is 14.1. The Bertz CT molecular complexity index is 992. The standard InChI is InChI=1S/C23H29F2N5O2/c24-23(25)32-20-3-14(7-27-22(20)26)18-6-19(30(28-18)10-12-1-2-12)21-16-4-15(5-17(16)21)29-8-13(9-29)11-31/h3,6-7,12-13,15-17,21,23,31H,1-2,4-5,8-11H2,(H2,26,27)/t15?,16-,17+,21?. The van der Waals surface area contributed by atoms with E-state index in [0.29, 0.717) is 47.8 Å². The van der Waals surface area contributed by atoms with Gasteiger partial charge in [0.1, 0.15) is 0 Å². The maximum absolute atomic E-state index is 12.7. The number of anilines is 1. The van der Waals surface area contributed by atoms with Crippen LogP contribution >= 0.6 is 0 Å². The highest BCUT2D eigenvalue weighted by atomic mass is 19.3. The molecule has 4 fully saturated rings. The first-order valence-electron chi connectivity index (χ1n) is 11.6. The lowest BCUT2D eigenvalue weighted by Crippen LogP contribution is -2.52. The van der Waals surface area contributed by atoms with Crippen LogP contribution < -0.4 is 10.5 Å². The number of nitrogen functional groups attached to an aromatic ring is 1. The van der Waals surface area contributed by atoms with E-state index in [1.165, 1.54) is 37.4 Å². The minimum Gasteiger partial charge on any atom is -0.431 e. The van der Waals surface area contributed by atoms with Gasteiger partial charge in [-0.05, 0) is 55.6 Å². The van der Waals surface area contributed by atoms with Crippen LogP contribution in [-0.4, -0.2) is 57.1 Å². The van der Waals surface area contributed by atoms with Crippen molar-refractivity contribution in [3.63, 3.8) is 0 Å². The Hall–Kier alpha value is -2.26. The average molecular weight is 446 g/mol. The first-order chi connectivity index (χ1) is 15.5. The average Bonchev–Trinajstić information content (AvgIpc) is 3.57. The van der Waals surface area contributed by atoms with Crippen molar-refractivity contribution in [3.05, 3.63) is 24.0 Å². The summed E-state index contributed by atoms with van der Waals surface area (Å²) in [5.74, 6) is 2.89. The summed E-state index contributed by atoms with van der Waals surface area (Å²) in [4.78, 5) is 6.57. The van der Waals surface area contributed by atoms with E-state index in [2.05, 4.69) is 25.4 Å². The molecule has 2 aromatic rings. The number of nitrogens with two attached hydrogens (primary N) is 1. The minimum atomic E-state index is -2.95. The number of aliphatic hydroxyl groups is 1. The van der Waals surface area contributed by atoms with Crippen LogP contribution in [0.2, 0.25) is 0 Å². The second-order valence-corrected chi connectivity index (χ2v) is 10.0. The molecule has 3 aliphatic carbocycles. The van der Waals surface area contributed by atoms with E-state index in [9.17, 15) is 13.9 Å². The van der Waals surface area contributed by atoms with Crippen LogP contribution in [0.3, 0.4) is 0 Å². The van der Waals surface area contributed by atoms with Gasteiger partial charge >= 0.3 is 6.61 Å². The molecule has 0 bridgehead atoms. The van der Waals surface area contributed by atoms with Crippen molar-refractivity contribution in [3.8, 4) is 17.0 Å². The molecule has 3 saturated carbocycles. The molecule has 4 aliphatic rings. The smallest absolute Gasteiger partial charge is 0.387 e. The second-order valence-electron chi connectivity index (χ2n) is 10.0. The van der Waals surface area contributed by atoms with E-state index in [1.807, 2.05) is 0 Å². The van der Waals surface area contributed by atoms with E-state index in [1.54, 1.807) is 6.20 Å². The highest BCUT2D eigenvalue weighted by molar-refractivity contribution is 5.64. The van der Waals surface area contributed by atoms with Gasteiger partial charge in [0.15, 0.2) is 11.6 Å². The Morgan fingerprint density at radius 1 is 1.16 bits per heavy atom. The zero-order valence-electron chi connectivity index (χ0n) is 17.9. The predicted octanol–water partition coefficient (Wildman–Crippen LogP) is 2.95. The number of rotatable bonds is 8. The molecule has 3 N–H and O–H groups in total. The van der Waals surface area contributed by atoms with Crippen LogP contribution in [0.15, 0.2) is 18.3 Å². The SMILES string of the molecule is Nc1ncc(-c2cc(C3[C@H]4CC(N5CC(CO)C5)C[C@@H]34)n(CC3CC3)n2)cc1OC(F)F. The van der Waals surface area contributed by atoms with Crippen LogP contribution in [0.1, 0.15) is 37.3 Å². The van der Waals surface area contributed by atoms with Crippen molar-refractivity contribution in [2.24, 2.45) is 23.7 Å². The van der Waals surface area contributed by atoms with Crippen LogP contribution in [0, 0.1) is 23.7 Å². The molecule has 9 heteroatoms. The summed E-state index contributed by atoms with van der Waals surface area (Å²) in [6.07, 6.45) is 6.49. The van der Waals surface area contributed by atoms with Gasteiger partial charge in [-0.2, -0.15) is 13.9 Å². The van der Waals surface area contributed by atoms with Crippen molar-refractivity contribution < 1.29 is 18.6 Å². The largest absolute Gasteiger partial charge is 0.431 e. The molecule has 6 rings (SSSR count). The molecule has 32 heavy (non-hydrogen) atoms. The molecule has 4 atom stereocenters. The van der Waals surface area contributed by atoms with Crippen molar-refractivity contribution in [2.45, 2.75) is 50.8 Å². The lowest BCUT2D eigenvalue weighted by molar-refractivity contribution is -0.0494. The van der Waals surface area contributed by atoms with Crippen LogP contribution in [0.5, 0.6) is 5.75 Å². The third-order valence-corrected chi connectivity index (χ3v) is 7.85. The van der Waals surface area contributed by atoms with Gasteiger partial charge in [0.25, 0.3) is 0 Å². The van der Waals surface area contributed by atoms with Crippen molar-refractivity contribution in [2.75, 3.05) is 25.4 Å². The minimum absolute atomic E-state index is 0.0520. The predicted molar refractivity (Wildman–Crippen MR) is 114 cm³/mol. The van der Waals surface area contributed by atoms with Gasteiger partial charge in [-0.3, -0.25) is 9.58 Å². The fourth-order valence-corrected chi connectivity index (χ4v) is 5.89. The highest BCUT2D eigenvalue weighted by Crippen LogP contribution is 2.64. The second kappa shape index (κ2) is 7.66. The number of aliphatic hydroxyl groups excluding tert-OH is 1. The molecule has 0 spiro atoms. The summed E-state index contributed by atoms with van der Waals surface area (Å²) in [7, 11) is 0. The molecule has 0 aromatic carbocycles. The molecule has 3 heterocycles. The van der Waals surface area contributed by atoms with E-state index in [0.717, 1.165) is 25.3 Å². The van der Waals surface area contributed by atoms with Gasteiger partial charge < -0.3 is 15.6 Å². The summed E-state index contributed by atoms with van der Waals surface area (Å²) in [5.41, 5.74) is 8.35. The Labute approximate surface area is 185 Å². The van der Waals surface area contributed by atoms with Crippen molar-refractivity contribution in [1.29, 1.82) is 0 Å². The molecular weight excluding hydrogens is 416 g/mol. The zero-order chi connectivity index (χ0) is 22.0. The molecule has 0 radical (unpaired) electrons. The number of halogens is 2. The molecule has 7 nitrogen and oxygen atoms in total. The molecule has 2 unspecified atom stereocenters. The van der Waals surface area contributed by atoms with Crippen LogP contribution in [0.25, 0.3) is 11.3 Å². The lowest BCUT2D eigenvalue weighted by atomic mass is 9.95. The Morgan fingerprint density at radius 3 is 2.56 bits per heavy atom. The number of nitrogens with zero attached hydrogens (tertiary/aromatic N) is 4. The van der Waals surface area contributed by atoms with Gasteiger partial charge in [0.05, 0.1) is 5.69 Å². The third kappa shape index (κ3) is 3.65. The quantitative estimate of drug-likeness (QED) is 0.650. The highest BCUT2D eigenvalue weighted by Gasteiger charge is 2.59. The fourth-order valence-electron chi connectivity index (χ4n) is 5.89. The van der Waals surface area contributed by atoms with Gasteiger partial charge in [0, 0.05) is 61.6 Å². The molecule has 0 amide bonds. The van der Waals surface area contributed by atoms with Crippen LogP contribution in [0.4, 0.5) is 14.6 Å². The maximum atomic E-state index is 12.7. The first kappa shape index (κ1) is 20.4. The lowest BCUT2D eigenvalue weighted by Gasteiger charge is -2.43. The number of hydrogen-bond donors (Lipinski definition) is 2. The molecule has 1 saturated heterocycles. The normalized spacial score (nSPS) is 29.9. The number of hydrogen-bond acceptors (Lipinski definition) is 6. The Kier molecular flexibility index (Phi) is 4.87. The van der Waals surface area contributed by atoms with E-state index < -0.39 is 6.61 Å². The number of alkyl halides is 2. The van der Waals surface area contributed by atoms with Crippen molar-refractivity contribution in [1.82, 2.24) is 19.7 Å². The fraction of sp³-hybridized carbons (Fsp3) is 0.652. The number of fused-ring (bicyclic) bond motifs is 1. The van der Waals surface area contributed by atoms with Crippen LogP contribution in [-0.2, 0) is 6.54 Å². The van der Waals surface area contributed by atoms with Gasteiger partial charge in [0.2, 0.25) is 0 Å². The van der Waals surface area contributed by atoms with E-state index in [4.69, 9.17) is 10.8 Å². The summed E-state index contributed by atoms with van der Waals surface area (Å²) in [6, 6.07) is 4.28. The summed E-state index contributed by atoms with van der Waals surface area (Å²) >= 11 is 0. The van der Waals surface area contributed by atoms with E-state index >= 15 is 0 Å². The van der Waals surface area contributed by atoms with E-state index in [-0.39, 0.29) is 11.6 Å². The number of likely N-dealkylation sites (tertiary alicyclic amines) is 1. The zero-order valence-corrected chi connectivity index (χ0v) is 17.9. The van der Waals surface area contributed by atoms with Gasteiger partial charge in [-0.25, -0.2) is 4.98 Å². The maximum Gasteiger partial charge on any atom is 0.387 e. The number of aromatic nitrogens is 3. The summed E-state index contributed by atoms with van der Waals surface area (Å²) in [6.45, 7) is 0.327. The number of pyridine rings is 1. The summed E-state index contributed by atoms with van der Waals surface area (Å²) < 4.78 is 32.1. The number of ether oxygens (including phenoxy) is 1. The Balaban J connectivity index is 1.21. The molecule has 2 aromatic heterocycles. The van der Waals surface area contributed by atoms with Crippen molar-refractivity contribution >= 4 is 5.82 Å². The first-order valence-corrected chi connectivity index (χ1v) is 11.6. The molecule has 172 valence electrons. The third-order valence-electron chi connectivity index (χ3n) is 7.85. The topological polar surface area (TPSA) is 89.4 Å². The molecular formula is C23H29F2N5O2. The van der Waals surface area contributed by atoms with Gasteiger partial charge in [-0.1, -0.05) is 0 Å².